The fourth-order valence-corrected chi connectivity index (χ4v) is 2.97. The number of quaternary nitrogens is 1. The summed E-state index contributed by atoms with van der Waals surface area (Å²) < 4.78 is 1.10. The van der Waals surface area contributed by atoms with E-state index in [9.17, 15) is 5.11 Å². The molecule has 15 heavy (non-hydrogen) atoms. The smallest absolute Gasteiger partial charge is 0.0837 e. The maximum Gasteiger partial charge on any atom is 0.0837 e. The van der Waals surface area contributed by atoms with Crippen molar-refractivity contribution in [3.05, 3.63) is 0 Å². The third-order valence-electron chi connectivity index (χ3n) is 3.82. The fourth-order valence-electron chi connectivity index (χ4n) is 2.97. The highest BCUT2D eigenvalue weighted by Gasteiger charge is 2.37. The van der Waals surface area contributed by atoms with Gasteiger partial charge in [0, 0.05) is 6.42 Å². The van der Waals surface area contributed by atoms with Crippen molar-refractivity contribution in [1.29, 1.82) is 0 Å². The number of hydrogen-bond donors (Lipinski definition) is 1. The molecule has 0 aliphatic heterocycles. The monoisotopic (exact) mass is 216 g/mol. The van der Waals surface area contributed by atoms with Crippen LogP contribution in [0.15, 0.2) is 0 Å². The Labute approximate surface area is 95.9 Å². The van der Waals surface area contributed by atoms with Crippen molar-refractivity contribution in [2.75, 3.05) is 6.54 Å². The summed E-state index contributed by atoms with van der Waals surface area (Å²) in [5.74, 6) is 0. The predicted octanol–water partition coefficient (Wildman–Crippen LogP) is 2.80. The van der Waals surface area contributed by atoms with Crippen LogP contribution in [0, 0.1) is 0 Å². The lowest BCUT2D eigenvalue weighted by Crippen LogP contribution is -2.62. The van der Waals surface area contributed by atoms with Gasteiger partial charge < -0.3 is 9.59 Å². The minimum atomic E-state index is -0.182. The number of nitrogens with zero attached hydrogens (tertiary/aromatic N) is 1. The van der Waals surface area contributed by atoms with Crippen LogP contribution < -0.4 is 0 Å². The first-order valence-corrected chi connectivity index (χ1v) is 6.30. The molecule has 92 valence electrons. The van der Waals surface area contributed by atoms with Crippen LogP contribution in [0.2, 0.25) is 0 Å². The van der Waals surface area contributed by atoms with Crippen LogP contribution in [0.4, 0.5) is 0 Å². The highest BCUT2D eigenvalue weighted by molar-refractivity contribution is 4.60. The average Bonchev–Trinajstić information content (AvgIpc) is 2.02. The first-order valence-electron chi connectivity index (χ1n) is 6.30. The highest BCUT2D eigenvalue weighted by Crippen LogP contribution is 2.25. The molecule has 2 nitrogen and oxygen atoms in total. The predicted molar refractivity (Wildman–Crippen MR) is 66.8 cm³/mol. The van der Waals surface area contributed by atoms with Crippen LogP contribution in [-0.2, 0) is 0 Å². The molecule has 1 unspecified atom stereocenters. The quantitative estimate of drug-likeness (QED) is 0.677. The summed E-state index contributed by atoms with van der Waals surface area (Å²) in [6.07, 6.45) is 0.716. The molecular weight excluding hydrogens is 186 g/mol. The topological polar surface area (TPSA) is 20.2 Å². The Bertz CT molecular complexity index is 152. The van der Waals surface area contributed by atoms with Gasteiger partial charge in [-0.25, -0.2) is 0 Å². The van der Waals surface area contributed by atoms with Gasteiger partial charge in [0.05, 0.1) is 30.8 Å². The molecule has 1 atom stereocenters. The van der Waals surface area contributed by atoms with E-state index in [1.807, 2.05) is 6.92 Å². The molecule has 0 radical (unpaired) electrons. The summed E-state index contributed by atoms with van der Waals surface area (Å²) in [5.41, 5.74) is 0. The van der Waals surface area contributed by atoms with E-state index < -0.39 is 0 Å². The van der Waals surface area contributed by atoms with Crippen molar-refractivity contribution in [3.63, 3.8) is 0 Å². The lowest BCUT2D eigenvalue weighted by atomic mass is 10.0. The molecule has 0 rings (SSSR count). The van der Waals surface area contributed by atoms with Gasteiger partial charge in [0.25, 0.3) is 0 Å². The van der Waals surface area contributed by atoms with Crippen molar-refractivity contribution in [1.82, 2.24) is 0 Å². The molecule has 2 heteroatoms. The molecule has 0 heterocycles. The van der Waals surface area contributed by atoms with E-state index in [-0.39, 0.29) is 6.10 Å². The van der Waals surface area contributed by atoms with Crippen LogP contribution in [0.25, 0.3) is 0 Å². The molecule has 1 N–H and O–H groups in total. The number of rotatable bonds is 6. The maximum atomic E-state index is 9.45. The van der Waals surface area contributed by atoms with Gasteiger partial charge in [-0.1, -0.05) is 0 Å². The summed E-state index contributed by atoms with van der Waals surface area (Å²) >= 11 is 0. The van der Waals surface area contributed by atoms with E-state index >= 15 is 0 Å². The van der Waals surface area contributed by atoms with Crippen LogP contribution in [0.5, 0.6) is 0 Å². The van der Waals surface area contributed by atoms with Crippen LogP contribution in [0.3, 0.4) is 0 Å². The van der Waals surface area contributed by atoms with E-state index in [2.05, 4.69) is 41.5 Å². The fraction of sp³-hybridized carbons (Fsp3) is 1.00. The molecule has 0 aliphatic carbocycles. The molecular formula is C13H30NO+. The second-order valence-corrected chi connectivity index (χ2v) is 5.64. The van der Waals surface area contributed by atoms with Crippen LogP contribution in [-0.4, -0.2) is 40.4 Å². The van der Waals surface area contributed by atoms with Crippen LogP contribution >= 0.6 is 0 Å². The molecule has 0 bridgehead atoms. The Kier molecular flexibility index (Phi) is 5.82. The molecule has 0 aromatic heterocycles. The molecule has 0 fully saturated rings. The lowest BCUT2D eigenvalue weighted by Gasteiger charge is -2.49. The Balaban J connectivity index is 4.80. The van der Waals surface area contributed by atoms with Gasteiger partial charge in [-0.3, -0.25) is 0 Å². The zero-order valence-corrected chi connectivity index (χ0v) is 11.6. The minimum Gasteiger partial charge on any atom is -0.393 e. The van der Waals surface area contributed by atoms with Gasteiger partial charge in [0.15, 0.2) is 0 Å². The summed E-state index contributed by atoms with van der Waals surface area (Å²) in [5, 5.41) is 9.45. The first-order chi connectivity index (χ1) is 6.75. The van der Waals surface area contributed by atoms with Crippen molar-refractivity contribution in [2.24, 2.45) is 0 Å². The van der Waals surface area contributed by atoms with Crippen molar-refractivity contribution >= 4 is 0 Å². The third-order valence-corrected chi connectivity index (χ3v) is 3.82. The lowest BCUT2D eigenvalue weighted by molar-refractivity contribution is -0.985. The molecule has 0 aliphatic rings. The normalized spacial score (nSPS) is 15.4. The van der Waals surface area contributed by atoms with E-state index in [1.165, 1.54) is 0 Å². The zero-order valence-electron chi connectivity index (χ0n) is 11.6. The molecule has 0 saturated heterocycles. The van der Waals surface area contributed by atoms with Gasteiger partial charge in [-0.05, 0) is 48.5 Å². The maximum absolute atomic E-state index is 9.45. The summed E-state index contributed by atoms with van der Waals surface area (Å²) in [6.45, 7) is 16.7. The number of hydrogen-bond acceptors (Lipinski definition) is 1. The van der Waals surface area contributed by atoms with E-state index in [4.69, 9.17) is 0 Å². The third kappa shape index (κ3) is 3.46. The van der Waals surface area contributed by atoms with Crippen molar-refractivity contribution in [2.45, 2.75) is 79.1 Å². The highest BCUT2D eigenvalue weighted by atomic mass is 16.3. The average molecular weight is 216 g/mol. The molecule has 0 amide bonds. The van der Waals surface area contributed by atoms with Crippen molar-refractivity contribution < 1.29 is 9.59 Å². The van der Waals surface area contributed by atoms with E-state index in [1.54, 1.807) is 0 Å². The van der Waals surface area contributed by atoms with Crippen molar-refractivity contribution in [3.8, 4) is 0 Å². The van der Waals surface area contributed by atoms with Crippen LogP contribution in [0.1, 0.15) is 54.9 Å². The van der Waals surface area contributed by atoms with Gasteiger partial charge in [0.2, 0.25) is 0 Å². The molecule has 0 aromatic rings. The standard InChI is InChI=1S/C13H30NO/c1-10(2)14(11(3)4,12(5)6)9-8-13(7)15/h10-13,15H,8-9H2,1-7H3/q+1. The van der Waals surface area contributed by atoms with Gasteiger partial charge >= 0.3 is 0 Å². The Hall–Kier alpha value is -0.0800. The second kappa shape index (κ2) is 5.86. The molecule has 0 spiro atoms. The SMILES string of the molecule is CC(O)CC[N+](C(C)C)(C(C)C)C(C)C. The van der Waals surface area contributed by atoms with E-state index in [0.29, 0.717) is 18.1 Å². The van der Waals surface area contributed by atoms with Gasteiger partial charge in [-0.15, -0.1) is 0 Å². The summed E-state index contributed by atoms with van der Waals surface area (Å²) in [6, 6.07) is 1.84. The number of aliphatic hydroxyl groups excluding tert-OH is 1. The zero-order chi connectivity index (χ0) is 12.2. The molecule has 0 aromatic carbocycles. The molecule has 0 saturated carbocycles. The van der Waals surface area contributed by atoms with Gasteiger partial charge in [0.1, 0.15) is 0 Å². The summed E-state index contributed by atoms with van der Waals surface area (Å²) in [7, 11) is 0. The van der Waals surface area contributed by atoms with E-state index in [0.717, 1.165) is 17.4 Å². The summed E-state index contributed by atoms with van der Waals surface area (Å²) in [4.78, 5) is 0. The Morgan fingerprint density at radius 3 is 1.33 bits per heavy atom. The Morgan fingerprint density at radius 1 is 0.800 bits per heavy atom. The number of aliphatic hydroxyl groups is 1. The second-order valence-electron chi connectivity index (χ2n) is 5.64. The first kappa shape index (κ1) is 14.9. The Morgan fingerprint density at radius 2 is 1.13 bits per heavy atom. The minimum absolute atomic E-state index is 0.182. The van der Waals surface area contributed by atoms with Gasteiger partial charge in [-0.2, -0.15) is 0 Å². The largest absolute Gasteiger partial charge is 0.393 e.